The number of amides is 3. The number of halogens is 3. The molecule has 1 N–H and O–H groups in total. The highest BCUT2D eigenvalue weighted by Gasteiger charge is 2.76. The number of rotatable bonds is 3. The molecule has 0 radical (unpaired) electrons. The Morgan fingerprint density at radius 1 is 1.29 bits per heavy atom. The largest absolute Gasteiger partial charge is 0.417 e. The molecule has 3 amide bonds. The molecule has 2 bridgehead atoms. The minimum Gasteiger partial charge on any atom is -0.365 e. The number of nitriles is 1. The van der Waals surface area contributed by atoms with Crippen molar-refractivity contribution < 1.29 is 32.3 Å². The maximum atomic E-state index is 13.4. The van der Waals surface area contributed by atoms with E-state index < -0.39 is 58.2 Å². The molecule has 164 valence electrons. The normalized spacial score (nSPS) is 34.1. The molecule has 5 atom stereocenters. The zero-order chi connectivity index (χ0) is 22.9. The minimum atomic E-state index is -4.82. The molecule has 0 unspecified atom stereocenters. The van der Waals surface area contributed by atoms with Crippen molar-refractivity contribution in [3.05, 3.63) is 29.3 Å². The number of imide groups is 1. The first-order valence-electron chi connectivity index (χ1n) is 9.86. The van der Waals surface area contributed by atoms with E-state index in [2.05, 4.69) is 5.32 Å². The van der Waals surface area contributed by atoms with E-state index >= 15 is 0 Å². The van der Waals surface area contributed by atoms with Crippen LogP contribution in [-0.4, -0.2) is 35.0 Å². The van der Waals surface area contributed by atoms with E-state index in [0.717, 1.165) is 17.0 Å². The number of nitrogens with zero attached hydrogens (tertiary/aromatic N) is 2. The molecule has 3 aliphatic heterocycles. The highest BCUT2D eigenvalue weighted by atomic mass is 19.4. The van der Waals surface area contributed by atoms with Crippen LogP contribution in [0.15, 0.2) is 18.2 Å². The number of hydrogen-bond acceptors (Lipinski definition) is 5. The van der Waals surface area contributed by atoms with Crippen LogP contribution in [0.3, 0.4) is 0 Å². The van der Waals surface area contributed by atoms with Crippen LogP contribution in [0.2, 0.25) is 0 Å². The lowest BCUT2D eigenvalue weighted by atomic mass is 9.66. The van der Waals surface area contributed by atoms with Crippen molar-refractivity contribution >= 4 is 23.4 Å². The fourth-order valence-electron chi connectivity index (χ4n) is 5.30. The average Bonchev–Trinajstić information content (AvgIpc) is 3.21. The average molecular weight is 435 g/mol. The first-order chi connectivity index (χ1) is 14.4. The summed E-state index contributed by atoms with van der Waals surface area (Å²) in [6.07, 6.45) is -4.27. The molecule has 1 aromatic carbocycles. The lowest BCUT2D eigenvalue weighted by molar-refractivity contribution is -0.138. The van der Waals surface area contributed by atoms with Crippen molar-refractivity contribution in [2.75, 3.05) is 4.90 Å². The van der Waals surface area contributed by atoms with Gasteiger partial charge in [-0.1, -0.05) is 6.92 Å². The van der Waals surface area contributed by atoms with Gasteiger partial charge in [0.25, 0.3) is 0 Å². The number of alkyl halides is 3. The fraction of sp³-hybridized carbons (Fsp3) is 0.524. The molecule has 1 aromatic rings. The smallest absolute Gasteiger partial charge is 0.365 e. The highest BCUT2D eigenvalue weighted by Crippen LogP contribution is 2.61. The maximum absolute atomic E-state index is 13.4. The summed E-state index contributed by atoms with van der Waals surface area (Å²) >= 11 is 0. The van der Waals surface area contributed by atoms with Crippen molar-refractivity contribution in [1.29, 1.82) is 5.26 Å². The third-order valence-electron chi connectivity index (χ3n) is 6.68. The molecule has 3 aliphatic rings. The topological polar surface area (TPSA) is 99.5 Å². The van der Waals surface area contributed by atoms with Crippen molar-refractivity contribution in [2.45, 2.75) is 57.0 Å². The van der Waals surface area contributed by atoms with Crippen molar-refractivity contribution in [2.24, 2.45) is 11.8 Å². The molecular formula is C21H20F3N3O4. The Balaban J connectivity index is 1.75. The van der Waals surface area contributed by atoms with Gasteiger partial charge in [0.2, 0.25) is 17.7 Å². The molecule has 0 aliphatic carbocycles. The molecule has 4 rings (SSSR count). The molecule has 3 fully saturated rings. The Bertz CT molecular complexity index is 1050. The van der Waals surface area contributed by atoms with Crippen molar-refractivity contribution in [1.82, 2.24) is 5.32 Å². The first-order valence-corrected chi connectivity index (χ1v) is 9.86. The SMILES string of the molecule is CCC(=O)N[C@@H]1C[C@@]2(C)O[C@]1(C)[C@@H]1C(=O)N(c3ccc(C#N)c(C(F)(F)F)c3)C(=O)[C@@H]12. The van der Waals surface area contributed by atoms with Crippen LogP contribution in [-0.2, 0) is 25.3 Å². The second-order valence-corrected chi connectivity index (χ2v) is 8.58. The van der Waals surface area contributed by atoms with Crippen LogP contribution in [0, 0.1) is 23.2 Å². The summed E-state index contributed by atoms with van der Waals surface area (Å²) < 4.78 is 46.3. The number of nitrogens with one attached hydrogen (secondary N) is 1. The van der Waals surface area contributed by atoms with E-state index in [1.54, 1.807) is 20.8 Å². The summed E-state index contributed by atoms with van der Waals surface area (Å²) in [4.78, 5) is 39.2. The molecule has 10 heteroatoms. The summed E-state index contributed by atoms with van der Waals surface area (Å²) in [6.45, 7) is 5.02. The standard InChI is InChI=1S/C21H20F3N3O4/c1-4-14(28)26-13-8-19(2)15-16(20(13,3)31-19)18(30)27(17(15)29)11-6-5-10(9-25)12(7-11)21(22,23)24/h5-7,13,15-16H,4,8H2,1-3H3,(H,26,28)/t13-,15-,16+,19-,20+/m1/s1. The number of fused-ring (bicyclic) bond motifs is 5. The lowest BCUT2D eigenvalue weighted by Gasteiger charge is -2.35. The van der Waals surface area contributed by atoms with Crippen LogP contribution in [0.1, 0.15) is 44.7 Å². The van der Waals surface area contributed by atoms with Crippen LogP contribution in [0.25, 0.3) is 0 Å². The van der Waals surface area contributed by atoms with E-state index in [1.807, 2.05) is 0 Å². The zero-order valence-electron chi connectivity index (χ0n) is 17.0. The number of carbonyl (C=O) groups is 3. The van der Waals surface area contributed by atoms with Gasteiger partial charge in [-0.25, -0.2) is 4.90 Å². The summed E-state index contributed by atoms with van der Waals surface area (Å²) in [6, 6.07) is 3.74. The first kappa shape index (κ1) is 21.3. The Morgan fingerprint density at radius 3 is 2.52 bits per heavy atom. The van der Waals surface area contributed by atoms with Crippen molar-refractivity contribution in [3.63, 3.8) is 0 Å². The molecule has 0 saturated carbocycles. The predicted octanol–water partition coefficient (Wildman–Crippen LogP) is 2.53. The molecule has 31 heavy (non-hydrogen) atoms. The Hall–Kier alpha value is -2.93. The summed E-state index contributed by atoms with van der Waals surface area (Å²) in [5.41, 5.74) is -4.25. The Labute approximate surface area is 176 Å². The van der Waals surface area contributed by atoms with Crippen molar-refractivity contribution in [3.8, 4) is 6.07 Å². The van der Waals surface area contributed by atoms with E-state index in [1.165, 1.54) is 6.07 Å². The third kappa shape index (κ3) is 2.86. The van der Waals surface area contributed by atoms with Gasteiger partial charge in [0.15, 0.2) is 0 Å². The van der Waals surface area contributed by atoms with Gasteiger partial charge in [0.1, 0.15) is 0 Å². The maximum Gasteiger partial charge on any atom is 0.417 e. The molecule has 3 saturated heterocycles. The monoisotopic (exact) mass is 435 g/mol. The van der Waals surface area contributed by atoms with Gasteiger partial charge in [0.05, 0.1) is 52.0 Å². The van der Waals surface area contributed by atoms with Gasteiger partial charge in [-0.15, -0.1) is 0 Å². The molecule has 3 heterocycles. The number of carbonyl (C=O) groups excluding carboxylic acids is 3. The molecule has 0 aromatic heterocycles. The molecule has 0 spiro atoms. The second kappa shape index (κ2) is 6.53. The van der Waals surface area contributed by atoms with Gasteiger partial charge >= 0.3 is 6.18 Å². The van der Waals surface area contributed by atoms with Gasteiger partial charge in [-0.3, -0.25) is 14.4 Å². The Kier molecular flexibility index (Phi) is 4.49. The lowest BCUT2D eigenvalue weighted by Crippen LogP contribution is -2.56. The Morgan fingerprint density at radius 2 is 1.94 bits per heavy atom. The van der Waals surface area contributed by atoms with Gasteiger partial charge < -0.3 is 10.1 Å². The quantitative estimate of drug-likeness (QED) is 0.736. The number of hydrogen-bond donors (Lipinski definition) is 1. The number of ether oxygens (including phenoxy) is 1. The molecule has 7 nitrogen and oxygen atoms in total. The van der Waals surface area contributed by atoms with Gasteiger partial charge in [-0.05, 0) is 38.5 Å². The molecular weight excluding hydrogens is 415 g/mol. The highest BCUT2D eigenvalue weighted by molar-refractivity contribution is 6.23. The van der Waals surface area contributed by atoms with Crippen LogP contribution in [0.5, 0.6) is 0 Å². The fourth-order valence-corrected chi connectivity index (χ4v) is 5.30. The van der Waals surface area contributed by atoms with Gasteiger partial charge in [0, 0.05) is 6.42 Å². The number of anilines is 1. The summed E-state index contributed by atoms with van der Waals surface area (Å²) in [5, 5.41) is 11.8. The van der Waals surface area contributed by atoms with E-state index in [-0.39, 0.29) is 18.0 Å². The van der Waals surface area contributed by atoms with Gasteiger partial charge in [-0.2, -0.15) is 18.4 Å². The van der Waals surface area contributed by atoms with E-state index in [9.17, 15) is 27.6 Å². The van der Waals surface area contributed by atoms with E-state index in [0.29, 0.717) is 12.5 Å². The van der Waals surface area contributed by atoms with Crippen LogP contribution < -0.4 is 10.2 Å². The predicted molar refractivity (Wildman–Crippen MR) is 100 cm³/mol. The van der Waals surface area contributed by atoms with Crippen LogP contribution >= 0.6 is 0 Å². The minimum absolute atomic E-state index is 0.224. The second-order valence-electron chi connectivity index (χ2n) is 8.58. The summed E-state index contributed by atoms with van der Waals surface area (Å²) in [7, 11) is 0. The third-order valence-corrected chi connectivity index (χ3v) is 6.68. The van der Waals surface area contributed by atoms with E-state index in [4.69, 9.17) is 10.00 Å². The van der Waals surface area contributed by atoms with Crippen LogP contribution in [0.4, 0.5) is 18.9 Å². The summed E-state index contributed by atoms with van der Waals surface area (Å²) in [5.74, 6) is -3.34. The number of benzene rings is 1. The zero-order valence-corrected chi connectivity index (χ0v) is 17.0.